The first kappa shape index (κ1) is 24.9. The minimum absolute atomic E-state index is 0. The van der Waals surface area contributed by atoms with Crippen molar-refractivity contribution in [3.05, 3.63) is 70.2 Å². The van der Waals surface area contributed by atoms with Gasteiger partial charge in [0.1, 0.15) is 6.54 Å². The lowest BCUT2D eigenvalue weighted by atomic mass is 10.2. The minimum atomic E-state index is -0.114. The van der Waals surface area contributed by atoms with Gasteiger partial charge in [-0.2, -0.15) is 5.10 Å². The van der Waals surface area contributed by atoms with E-state index in [4.69, 9.17) is 0 Å². The Morgan fingerprint density at radius 2 is 1.97 bits per heavy atom. The first-order valence-corrected chi connectivity index (χ1v) is 10.9. The molecule has 0 unspecified atom stereocenters. The minimum Gasteiger partial charge on any atom is -0.357 e. The van der Waals surface area contributed by atoms with Gasteiger partial charge in [0.15, 0.2) is 5.96 Å². The van der Waals surface area contributed by atoms with E-state index in [1.165, 1.54) is 9.75 Å². The number of hydrogen-bond acceptors (Lipinski definition) is 4. The molecule has 0 spiro atoms. The second-order valence-electron chi connectivity index (χ2n) is 6.72. The van der Waals surface area contributed by atoms with Gasteiger partial charge >= 0.3 is 0 Å². The van der Waals surface area contributed by atoms with Crippen LogP contribution in [0.4, 0.5) is 5.69 Å². The molecule has 31 heavy (non-hydrogen) atoms. The first-order valence-electron chi connectivity index (χ1n) is 10.1. The van der Waals surface area contributed by atoms with Crippen LogP contribution < -0.4 is 16.0 Å². The highest BCUT2D eigenvalue weighted by molar-refractivity contribution is 14.0. The van der Waals surface area contributed by atoms with Crippen LogP contribution >= 0.6 is 35.3 Å². The molecule has 1 amide bonds. The predicted octanol–water partition coefficient (Wildman–Crippen LogP) is 4.02. The summed E-state index contributed by atoms with van der Waals surface area (Å²) in [4.78, 5) is 19.5. The van der Waals surface area contributed by atoms with Gasteiger partial charge < -0.3 is 16.0 Å². The van der Waals surface area contributed by atoms with Crippen molar-refractivity contribution in [2.45, 2.75) is 39.9 Å². The number of carbonyl (C=O) groups excluding carboxylic acids is 1. The molecule has 0 fully saturated rings. The molecule has 9 heteroatoms. The number of nitrogens with zero attached hydrogens (tertiary/aromatic N) is 3. The van der Waals surface area contributed by atoms with Crippen molar-refractivity contribution in [1.82, 2.24) is 20.4 Å². The number of benzene rings is 1. The Labute approximate surface area is 204 Å². The average Bonchev–Trinajstić information content (AvgIpc) is 3.42. The summed E-state index contributed by atoms with van der Waals surface area (Å²) in [5, 5.41) is 13.6. The smallest absolute Gasteiger partial charge is 0.246 e. The van der Waals surface area contributed by atoms with E-state index in [-0.39, 0.29) is 36.4 Å². The Hall–Kier alpha value is -2.40. The number of thiophene rings is 1. The summed E-state index contributed by atoms with van der Waals surface area (Å²) in [5.41, 5.74) is 1.77. The zero-order chi connectivity index (χ0) is 21.2. The van der Waals surface area contributed by atoms with Crippen LogP contribution in [0.25, 0.3) is 0 Å². The molecule has 3 rings (SSSR count). The Morgan fingerprint density at radius 1 is 1.13 bits per heavy atom. The Bertz CT molecular complexity index is 970. The Morgan fingerprint density at radius 3 is 2.68 bits per heavy atom. The number of anilines is 1. The van der Waals surface area contributed by atoms with Gasteiger partial charge in [0.2, 0.25) is 5.91 Å². The molecule has 0 saturated heterocycles. The van der Waals surface area contributed by atoms with Crippen molar-refractivity contribution in [2.24, 2.45) is 4.99 Å². The number of aliphatic imine (C=N–C) groups is 1. The molecular formula is C22H29IN6OS. The fourth-order valence-corrected chi connectivity index (χ4v) is 3.78. The molecule has 2 heterocycles. The maximum Gasteiger partial charge on any atom is 0.246 e. The molecule has 0 saturated carbocycles. The van der Waals surface area contributed by atoms with Crippen molar-refractivity contribution in [3.63, 3.8) is 0 Å². The molecule has 7 nitrogen and oxygen atoms in total. The number of aromatic nitrogens is 2. The fraction of sp³-hybridized carbons (Fsp3) is 0.318. The van der Waals surface area contributed by atoms with Gasteiger partial charge in [0, 0.05) is 34.4 Å². The molecule has 0 atom stereocenters. The zero-order valence-corrected chi connectivity index (χ0v) is 20.9. The molecule has 166 valence electrons. The van der Waals surface area contributed by atoms with Crippen molar-refractivity contribution >= 4 is 52.9 Å². The van der Waals surface area contributed by atoms with Gasteiger partial charge in [-0.3, -0.25) is 9.48 Å². The van der Waals surface area contributed by atoms with Gasteiger partial charge in [-0.15, -0.1) is 35.3 Å². The second kappa shape index (κ2) is 13.1. The molecule has 2 aromatic heterocycles. The summed E-state index contributed by atoms with van der Waals surface area (Å²) in [6, 6.07) is 13.9. The van der Waals surface area contributed by atoms with Crippen LogP contribution in [-0.2, 0) is 30.8 Å². The highest BCUT2D eigenvalue weighted by atomic mass is 127. The largest absolute Gasteiger partial charge is 0.357 e. The number of amides is 1. The zero-order valence-electron chi connectivity index (χ0n) is 17.8. The van der Waals surface area contributed by atoms with Crippen LogP contribution in [0.3, 0.4) is 0 Å². The summed E-state index contributed by atoms with van der Waals surface area (Å²) in [6.07, 6.45) is 4.48. The number of aryl methyl sites for hydroxylation is 1. The van der Waals surface area contributed by atoms with Crippen LogP contribution in [0.2, 0.25) is 0 Å². The van der Waals surface area contributed by atoms with E-state index in [1.54, 1.807) is 23.1 Å². The SMILES string of the molecule is CCNC(=NCc1cccc(NC(=O)Cn2cccn2)c1)NCc1ccc(CC)s1.I. The molecule has 3 aromatic rings. The van der Waals surface area contributed by atoms with E-state index in [0.29, 0.717) is 6.54 Å². The number of guanidine groups is 1. The summed E-state index contributed by atoms with van der Waals surface area (Å²) in [7, 11) is 0. The van der Waals surface area contributed by atoms with Crippen LogP contribution in [0, 0.1) is 0 Å². The molecule has 0 aliphatic heterocycles. The third kappa shape index (κ3) is 8.33. The summed E-state index contributed by atoms with van der Waals surface area (Å²) in [5.74, 6) is 0.661. The molecule has 1 aromatic carbocycles. The third-order valence-corrected chi connectivity index (χ3v) is 5.56. The van der Waals surface area contributed by atoms with Crippen LogP contribution in [0.5, 0.6) is 0 Å². The van der Waals surface area contributed by atoms with Gasteiger partial charge in [0.05, 0.1) is 13.1 Å². The van der Waals surface area contributed by atoms with E-state index in [1.807, 2.05) is 42.5 Å². The number of hydrogen-bond donors (Lipinski definition) is 3. The Kier molecular flexibility index (Phi) is 10.5. The predicted molar refractivity (Wildman–Crippen MR) is 138 cm³/mol. The quantitative estimate of drug-likeness (QED) is 0.213. The molecule has 0 radical (unpaired) electrons. The summed E-state index contributed by atoms with van der Waals surface area (Å²) < 4.78 is 1.59. The first-order chi connectivity index (χ1) is 14.7. The summed E-state index contributed by atoms with van der Waals surface area (Å²) >= 11 is 1.82. The number of rotatable bonds is 9. The lowest BCUT2D eigenvalue weighted by molar-refractivity contribution is -0.116. The second-order valence-corrected chi connectivity index (χ2v) is 7.98. The maximum atomic E-state index is 12.2. The van der Waals surface area contributed by atoms with E-state index in [0.717, 1.165) is 36.7 Å². The molecular weight excluding hydrogens is 523 g/mol. The standard InChI is InChI=1S/C22H28N6OS.HI/c1-3-19-9-10-20(30-19)15-25-22(23-4-2)24-14-17-7-5-8-18(13-17)27-21(29)16-28-12-6-11-26-28;/h5-13H,3-4,14-16H2,1-2H3,(H,27,29)(H2,23,24,25);1H. The fourth-order valence-electron chi connectivity index (χ4n) is 2.88. The van der Waals surface area contributed by atoms with Crippen molar-refractivity contribution in [3.8, 4) is 0 Å². The van der Waals surface area contributed by atoms with Crippen LogP contribution in [0.15, 0.2) is 59.9 Å². The van der Waals surface area contributed by atoms with Crippen LogP contribution in [-0.4, -0.2) is 28.2 Å². The normalized spacial score (nSPS) is 11.0. The van der Waals surface area contributed by atoms with Gasteiger partial charge in [-0.05, 0) is 49.2 Å². The number of nitrogens with one attached hydrogen (secondary N) is 3. The van der Waals surface area contributed by atoms with Crippen molar-refractivity contribution < 1.29 is 4.79 Å². The van der Waals surface area contributed by atoms with Gasteiger partial charge in [0.25, 0.3) is 0 Å². The van der Waals surface area contributed by atoms with E-state index in [9.17, 15) is 4.79 Å². The van der Waals surface area contributed by atoms with E-state index in [2.05, 4.69) is 45.1 Å². The molecule has 0 aliphatic rings. The number of carbonyl (C=O) groups is 1. The van der Waals surface area contributed by atoms with E-state index >= 15 is 0 Å². The van der Waals surface area contributed by atoms with Gasteiger partial charge in [-0.1, -0.05) is 19.1 Å². The lowest BCUT2D eigenvalue weighted by Crippen LogP contribution is -2.36. The monoisotopic (exact) mass is 552 g/mol. The average molecular weight is 552 g/mol. The lowest BCUT2D eigenvalue weighted by Gasteiger charge is -2.11. The topological polar surface area (TPSA) is 83.3 Å². The van der Waals surface area contributed by atoms with Crippen LogP contribution in [0.1, 0.15) is 29.2 Å². The summed E-state index contributed by atoms with van der Waals surface area (Å²) in [6.45, 7) is 6.46. The number of halogens is 1. The molecule has 3 N–H and O–H groups in total. The van der Waals surface area contributed by atoms with E-state index < -0.39 is 0 Å². The van der Waals surface area contributed by atoms with Crippen molar-refractivity contribution in [2.75, 3.05) is 11.9 Å². The Balaban J connectivity index is 0.00000341. The molecule has 0 bridgehead atoms. The van der Waals surface area contributed by atoms with Crippen molar-refractivity contribution in [1.29, 1.82) is 0 Å². The molecule has 0 aliphatic carbocycles. The third-order valence-electron chi connectivity index (χ3n) is 4.34. The maximum absolute atomic E-state index is 12.2. The highest BCUT2D eigenvalue weighted by Gasteiger charge is 2.05. The van der Waals surface area contributed by atoms with Gasteiger partial charge in [-0.25, -0.2) is 4.99 Å². The highest BCUT2D eigenvalue weighted by Crippen LogP contribution is 2.16.